The fraction of sp³-hybridized carbons (Fsp3) is 0.214. The quantitative estimate of drug-likeness (QED) is 0.788. The molecule has 0 atom stereocenters. The Hall–Kier alpha value is -2.01. The lowest BCUT2D eigenvalue weighted by atomic mass is 10.3. The molecular weight excluding hydrogens is 285 g/mol. The summed E-state index contributed by atoms with van der Waals surface area (Å²) in [5.74, 6) is 0.759. The van der Waals surface area contributed by atoms with E-state index in [2.05, 4.69) is 4.98 Å². The Bertz CT molecular complexity index is 585. The number of aromatic nitrogens is 1. The highest BCUT2D eigenvalue weighted by molar-refractivity contribution is 6.17. The van der Waals surface area contributed by atoms with Crippen LogP contribution in [0.25, 0.3) is 0 Å². The number of hydrogen-bond donors (Lipinski definition) is 0. The average molecular weight is 298 g/mol. The summed E-state index contributed by atoms with van der Waals surface area (Å²) in [6.45, 7) is 0. The molecule has 0 aliphatic heterocycles. The Morgan fingerprint density at radius 3 is 2.25 bits per heavy atom. The molecule has 2 aromatic rings. The second-order valence-corrected chi connectivity index (χ2v) is 4.14. The summed E-state index contributed by atoms with van der Waals surface area (Å²) in [6.07, 6.45) is 1.44. The summed E-state index contributed by atoms with van der Waals surface area (Å²) in [6, 6.07) is 6.40. The fourth-order valence-corrected chi connectivity index (χ4v) is 1.79. The van der Waals surface area contributed by atoms with Crippen LogP contribution in [0.15, 0.2) is 30.5 Å². The van der Waals surface area contributed by atoms with E-state index in [4.69, 9.17) is 25.8 Å². The molecule has 106 valence electrons. The minimum atomic E-state index is -0.579. The van der Waals surface area contributed by atoms with Gasteiger partial charge in [0.1, 0.15) is 17.2 Å². The molecule has 0 saturated heterocycles. The maximum absolute atomic E-state index is 14.0. The molecule has 0 spiro atoms. The van der Waals surface area contributed by atoms with E-state index in [-0.39, 0.29) is 11.8 Å². The second-order valence-electron chi connectivity index (χ2n) is 3.87. The van der Waals surface area contributed by atoms with E-state index >= 15 is 0 Å². The number of halogens is 2. The molecule has 6 heteroatoms. The highest BCUT2D eigenvalue weighted by Crippen LogP contribution is 2.31. The molecule has 0 aliphatic rings. The van der Waals surface area contributed by atoms with Gasteiger partial charge in [0, 0.05) is 30.0 Å². The van der Waals surface area contributed by atoms with E-state index in [0.717, 1.165) is 0 Å². The molecule has 1 aromatic carbocycles. The zero-order valence-electron chi connectivity index (χ0n) is 11.0. The van der Waals surface area contributed by atoms with E-state index in [1.165, 1.54) is 26.5 Å². The maximum Gasteiger partial charge on any atom is 0.256 e. The molecule has 1 heterocycles. The van der Waals surface area contributed by atoms with E-state index in [1.807, 2.05) is 0 Å². The highest BCUT2D eigenvalue weighted by atomic mass is 35.5. The van der Waals surface area contributed by atoms with Gasteiger partial charge in [-0.05, 0) is 6.07 Å². The largest absolute Gasteiger partial charge is 0.496 e. The van der Waals surface area contributed by atoms with Crippen LogP contribution in [-0.2, 0) is 5.88 Å². The predicted octanol–water partition coefficient (Wildman–Crippen LogP) is 3.77. The van der Waals surface area contributed by atoms with Crippen LogP contribution in [0.1, 0.15) is 5.56 Å². The van der Waals surface area contributed by atoms with Crippen molar-refractivity contribution in [3.63, 3.8) is 0 Å². The second kappa shape index (κ2) is 6.43. The van der Waals surface area contributed by atoms with E-state index in [9.17, 15) is 4.39 Å². The fourth-order valence-electron chi connectivity index (χ4n) is 1.59. The van der Waals surface area contributed by atoms with Gasteiger partial charge in [-0.15, -0.1) is 11.6 Å². The maximum atomic E-state index is 14.0. The van der Waals surface area contributed by atoms with Crippen molar-refractivity contribution in [1.29, 1.82) is 0 Å². The zero-order chi connectivity index (χ0) is 14.5. The van der Waals surface area contributed by atoms with Gasteiger partial charge in [0.15, 0.2) is 5.82 Å². The first kappa shape index (κ1) is 14.4. The number of benzene rings is 1. The van der Waals surface area contributed by atoms with Gasteiger partial charge in [-0.3, -0.25) is 0 Å². The van der Waals surface area contributed by atoms with Crippen LogP contribution in [0.2, 0.25) is 0 Å². The van der Waals surface area contributed by atoms with Gasteiger partial charge in [0.05, 0.1) is 20.1 Å². The third-order valence-corrected chi connectivity index (χ3v) is 2.91. The standard InChI is InChI=1S/C14H13ClFNO3/c1-18-10-5-11(19-2)7-12(6-10)20-14-13(16)9(8-15)3-4-17-14/h3-7H,8H2,1-2H3. The lowest BCUT2D eigenvalue weighted by Crippen LogP contribution is -1.96. The van der Waals surface area contributed by atoms with Gasteiger partial charge in [0.25, 0.3) is 5.88 Å². The minimum absolute atomic E-state index is 0.0478. The summed E-state index contributed by atoms with van der Waals surface area (Å²) in [7, 11) is 3.04. The summed E-state index contributed by atoms with van der Waals surface area (Å²) in [5.41, 5.74) is 0.325. The zero-order valence-corrected chi connectivity index (χ0v) is 11.8. The summed E-state index contributed by atoms with van der Waals surface area (Å²) in [4.78, 5) is 3.86. The highest BCUT2D eigenvalue weighted by Gasteiger charge is 2.12. The van der Waals surface area contributed by atoms with Crippen molar-refractivity contribution in [2.24, 2.45) is 0 Å². The monoisotopic (exact) mass is 297 g/mol. The van der Waals surface area contributed by atoms with Crippen molar-refractivity contribution in [3.8, 4) is 23.1 Å². The first-order chi connectivity index (χ1) is 9.67. The van der Waals surface area contributed by atoms with Crippen molar-refractivity contribution in [1.82, 2.24) is 4.98 Å². The van der Waals surface area contributed by atoms with Crippen LogP contribution in [0, 0.1) is 5.82 Å². The van der Waals surface area contributed by atoms with Gasteiger partial charge in [0.2, 0.25) is 0 Å². The van der Waals surface area contributed by atoms with E-state index in [1.54, 1.807) is 18.2 Å². The van der Waals surface area contributed by atoms with E-state index < -0.39 is 5.82 Å². The summed E-state index contributed by atoms with van der Waals surface area (Å²) >= 11 is 5.64. The van der Waals surface area contributed by atoms with Crippen LogP contribution in [0.4, 0.5) is 4.39 Å². The third-order valence-electron chi connectivity index (χ3n) is 2.62. The molecule has 0 saturated carbocycles. The molecule has 4 nitrogen and oxygen atoms in total. The molecule has 0 aliphatic carbocycles. The molecule has 1 aromatic heterocycles. The third kappa shape index (κ3) is 3.11. The van der Waals surface area contributed by atoms with Crippen LogP contribution < -0.4 is 14.2 Å². The van der Waals surface area contributed by atoms with Crippen molar-refractivity contribution < 1.29 is 18.6 Å². The van der Waals surface area contributed by atoms with Gasteiger partial charge >= 0.3 is 0 Å². The van der Waals surface area contributed by atoms with Gasteiger partial charge < -0.3 is 14.2 Å². The Balaban J connectivity index is 2.34. The number of alkyl halides is 1. The minimum Gasteiger partial charge on any atom is -0.496 e. The van der Waals surface area contributed by atoms with Gasteiger partial charge in [-0.25, -0.2) is 9.37 Å². The molecule has 0 N–H and O–H groups in total. The SMILES string of the molecule is COc1cc(OC)cc(Oc2nccc(CCl)c2F)c1. The van der Waals surface area contributed by atoms with Crippen LogP contribution in [0.5, 0.6) is 23.1 Å². The van der Waals surface area contributed by atoms with E-state index in [0.29, 0.717) is 22.8 Å². The number of rotatable bonds is 5. The van der Waals surface area contributed by atoms with Crippen molar-refractivity contribution >= 4 is 11.6 Å². The Labute approximate surface area is 121 Å². The average Bonchev–Trinajstić information content (AvgIpc) is 2.49. The normalized spacial score (nSPS) is 10.2. The Morgan fingerprint density at radius 2 is 1.70 bits per heavy atom. The number of hydrogen-bond acceptors (Lipinski definition) is 4. The number of nitrogens with zero attached hydrogens (tertiary/aromatic N) is 1. The molecule has 0 radical (unpaired) electrons. The van der Waals surface area contributed by atoms with Gasteiger partial charge in [-0.1, -0.05) is 0 Å². The lowest BCUT2D eigenvalue weighted by Gasteiger charge is -2.10. The molecule has 0 bridgehead atoms. The summed E-state index contributed by atoms with van der Waals surface area (Å²) < 4.78 is 29.7. The topological polar surface area (TPSA) is 40.6 Å². The lowest BCUT2D eigenvalue weighted by molar-refractivity contribution is 0.379. The molecule has 2 rings (SSSR count). The van der Waals surface area contributed by atoms with Gasteiger partial charge in [-0.2, -0.15) is 0 Å². The van der Waals surface area contributed by atoms with Crippen molar-refractivity contribution in [2.75, 3.05) is 14.2 Å². The first-order valence-electron chi connectivity index (χ1n) is 5.78. The molecular formula is C14H13ClFNO3. The molecule has 0 fully saturated rings. The molecule has 0 amide bonds. The number of methoxy groups -OCH3 is 2. The van der Waals surface area contributed by atoms with Crippen molar-refractivity contribution in [2.45, 2.75) is 5.88 Å². The smallest absolute Gasteiger partial charge is 0.256 e. The van der Waals surface area contributed by atoms with Crippen molar-refractivity contribution in [3.05, 3.63) is 41.8 Å². The van der Waals surface area contributed by atoms with Crippen LogP contribution in [0.3, 0.4) is 0 Å². The molecule has 0 unspecified atom stereocenters. The Kier molecular flexibility index (Phi) is 4.63. The molecule has 20 heavy (non-hydrogen) atoms. The summed E-state index contributed by atoms with van der Waals surface area (Å²) in [5, 5.41) is 0. The Morgan fingerprint density at radius 1 is 1.10 bits per heavy atom. The predicted molar refractivity (Wildman–Crippen MR) is 73.4 cm³/mol. The number of ether oxygens (including phenoxy) is 3. The van der Waals surface area contributed by atoms with Crippen LogP contribution in [-0.4, -0.2) is 19.2 Å². The van der Waals surface area contributed by atoms with Crippen LogP contribution >= 0.6 is 11.6 Å². The first-order valence-corrected chi connectivity index (χ1v) is 6.31. The number of pyridine rings is 1.